The molecule has 0 aromatic heterocycles. The van der Waals surface area contributed by atoms with Crippen molar-refractivity contribution in [2.75, 3.05) is 0 Å². The Morgan fingerprint density at radius 2 is 1.03 bits per heavy atom. The van der Waals surface area contributed by atoms with E-state index in [0.717, 1.165) is 6.42 Å². The lowest BCUT2D eigenvalue weighted by Crippen LogP contribution is -1.85. The molecule has 4 aromatic rings. The van der Waals surface area contributed by atoms with Crippen LogP contribution in [-0.2, 0) is 6.42 Å². The lowest BCUT2D eigenvalue weighted by molar-refractivity contribution is 0.602. The van der Waals surface area contributed by atoms with E-state index in [2.05, 4.69) is 86.6 Å². The normalized spacial score (nSPS) is 10.3. The largest absolute Gasteiger partial charge is 0.0683 e. The second-order valence-electron chi connectivity index (χ2n) is 8.61. The number of fused-ring (bicyclic) bond motifs is 6. The van der Waals surface area contributed by atoms with Crippen molar-refractivity contribution in [3.8, 4) is 11.1 Å². The highest BCUT2D eigenvalue weighted by Crippen LogP contribution is 2.41. The van der Waals surface area contributed by atoms with Crippen LogP contribution in [0.2, 0.25) is 0 Å². The van der Waals surface area contributed by atoms with Gasteiger partial charge < -0.3 is 0 Å². The predicted molar refractivity (Wildman–Crippen MR) is 167 cm³/mol. The topological polar surface area (TPSA) is 0 Å². The molecule has 0 unspecified atom stereocenters. The van der Waals surface area contributed by atoms with E-state index in [1.807, 2.05) is 41.5 Å². The molecule has 196 valence electrons. The van der Waals surface area contributed by atoms with Crippen LogP contribution >= 0.6 is 0 Å². The van der Waals surface area contributed by atoms with Crippen molar-refractivity contribution in [1.82, 2.24) is 0 Å². The molecule has 0 spiro atoms. The van der Waals surface area contributed by atoms with Gasteiger partial charge in [0.1, 0.15) is 0 Å². The van der Waals surface area contributed by atoms with E-state index in [4.69, 9.17) is 0 Å². The standard InChI is InChI=1S/C21H14.C9H20.3C2H6/c1-2-6-15-12-20-17(11-14(15)5-1)9-10-19-18-8-4-3-7-16(18)13-21(19)20;1-3-5-7-9-8-6-4-2;3*1-2/h1-12H,13H2;3-9H2,1-2H3;3*1-2H3. The Morgan fingerprint density at radius 1 is 0.500 bits per heavy atom. The van der Waals surface area contributed by atoms with Crippen molar-refractivity contribution >= 4 is 21.5 Å². The van der Waals surface area contributed by atoms with Gasteiger partial charge in [-0.05, 0) is 62.4 Å². The Bertz CT molecular complexity index is 1110. The monoisotopic (exact) mass is 484 g/mol. The molecule has 4 aromatic carbocycles. The number of hydrogen-bond donors (Lipinski definition) is 0. The Labute approximate surface area is 223 Å². The van der Waals surface area contributed by atoms with Crippen LogP contribution in [0.4, 0.5) is 0 Å². The molecule has 1 aliphatic carbocycles. The summed E-state index contributed by atoms with van der Waals surface area (Å²) in [5, 5.41) is 5.40. The summed E-state index contributed by atoms with van der Waals surface area (Å²) in [6.07, 6.45) is 11.0. The Balaban J connectivity index is 0.000000369. The molecule has 0 amide bonds. The Hall–Kier alpha value is -2.60. The summed E-state index contributed by atoms with van der Waals surface area (Å²) in [4.78, 5) is 0. The van der Waals surface area contributed by atoms with Crippen molar-refractivity contribution in [1.29, 1.82) is 0 Å². The Kier molecular flexibility index (Phi) is 16.3. The van der Waals surface area contributed by atoms with Gasteiger partial charge in [0.05, 0.1) is 0 Å². The third kappa shape index (κ3) is 8.51. The summed E-state index contributed by atoms with van der Waals surface area (Å²) in [5.41, 5.74) is 5.75. The fraction of sp³-hybridized carbons (Fsp3) is 0.444. The molecule has 0 saturated carbocycles. The van der Waals surface area contributed by atoms with Crippen molar-refractivity contribution in [2.24, 2.45) is 0 Å². The first-order chi connectivity index (χ1) is 17.8. The van der Waals surface area contributed by atoms with Gasteiger partial charge in [-0.1, -0.05) is 161 Å². The molecule has 0 N–H and O–H groups in total. The van der Waals surface area contributed by atoms with Crippen molar-refractivity contribution in [3.05, 3.63) is 83.9 Å². The zero-order valence-electron chi connectivity index (χ0n) is 24.6. The first-order valence-electron chi connectivity index (χ1n) is 14.8. The fourth-order valence-electron chi connectivity index (χ4n) is 4.68. The maximum atomic E-state index is 2.36. The summed E-state index contributed by atoms with van der Waals surface area (Å²) in [5.74, 6) is 0. The molecule has 0 fully saturated rings. The molecule has 0 radical (unpaired) electrons. The predicted octanol–water partition coefficient (Wildman–Crippen LogP) is 12.4. The molecule has 5 rings (SSSR count). The second-order valence-corrected chi connectivity index (χ2v) is 8.61. The maximum absolute atomic E-state index is 2.36. The van der Waals surface area contributed by atoms with E-state index in [0.29, 0.717) is 0 Å². The quantitative estimate of drug-likeness (QED) is 0.166. The first-order valence-corrected chi connectivity index (χ1v) is 14.8. The molecular weight excluding hydrogens is 432 g/mol. The van der Waals surface area contributed by atoms with Crippen LogP contribution < -0.4 is 0 Å². The molecule has 0 nitrogen and oxygen atoms in total. The van der Waals surface area contributed by atoms with Crippen LogP contribution in [0.25, 0.3) is 32.7 Å². The van der Waals surface area contributed by atoms with E-state index in [9.17, 15) is 0 Å². The molecule has 1 aliphatic rings. The van der Waals surface area contributed by atoms with Gasteiger partial charge in [0.15, 0.2) is 0 Å². The minimum Gasteiger partial charge on any atom is -0.0683 e. The molecule has 0 saturated heterocycles. The van der Waals surface area contributed by atoms with E-state index < -0.39 is 0 Å². The maximum Gasteiger partial charge on any atom is -0.000728 e. The minimum atomic E-state index is 1.06. The van der Waals surface area contributed by atoms with Gasteiger partial charge in [0, 0.05) is 0 Å². The van der Waals surface area contributed by atoms with Crippen molar-refractivity contribution < 1.29 is 0 Å². The summed E-state index contributed by atoms with van der Waals surface area (Å²) in [7, 11) is 0. The second kappa shape index (κ2) is 18.6. The van der Waals surface area contributed by atoms with Crippen molar-refractivity contribution in [2.45, 2.75) is 107 Å². The molecular formula is C36H52. The lowest BCUT2D eigenvalue weighted by Gasteiger charge is -2.08. The summed E-state index contributed by atoms with van der Waals surface area (Å²) in [6.45, 7) is 16.5. The van der Waals surface area contributed by atoms with E-state index in [1.165, 1.54) is 88.7 Å². The highest BCUT2D eigenvalue weighted by molar-refractivity contribution is 6.03. The lowest BCUT2D eigenvalue weighted by atomic mass is 9.96. The van der Waals surface area contributed by atoms with Crippen LogP contribution in [-0.4, -0.2) is 0 Å². The smallest absolute Gasteiger partial charge is 0.000728 e. The molecule has 0 heteroatoms. The molecule has 0 atom stereocenters. The number of unbranched alkanes of at least 4 members (excludes halogenated alkanes) is 6. The van der Waals surface area contributed by atoms with Gasteiger partial charge >= 0.3 is 0 Å². The van der Waals surface area contributed by atoms with Crippen LogP contribution in [0.5, 0.6) is 0 Å². The average Bonchev–Trinajstić information content (AvgIpc) is 3.35. The SMILES string of the molecule is CC.CC.CC.CCCCCCCCC.c1ccc2c(c1)Cc1c-2ccc2cc3ccccc3cc12. The minimum absolute atomic E-state index is 1.06. The molecule has 36 heavy (non-hydrogen) atoms. The molecule has 0 heterocycles. The van der Waals surface area contributed by atoms with Gasteiger partial charge in [0.2, 0.25) is 0 Å². The summed E-state index contributed by atoms with van der Waals surface area (Å²) >= 11 is 0. The Morgan fingerprint density at radius 3 is 1.64 bits per heavy atom. The van der Waals surface area contributed by atoms with Gasteiger partial charge in [-0.25, -0.2) is 0 Å². The third-order valence-corrected chi connectivity index (χ3v) is 6.38. The van der Waals surface area contributed by atoms with Gasteiger partial charge in [0.25, 0.3) is 0 Å². The van der Waals surface area contributed by atoms with Crippen LogP contribution in [0.1, 0.15) is 111 Å². The van der Waals surface area contributed by atoms with Gasteiger partial charge in [-0.15, -0.1) is 0 Å². The van der Waals surface area contributed by atoms with Crippen LogP contribution in [0.15, 0.2) is 72.8 Å². The van der Waals surface area contributed by atoms with Gasteiger partial charge in [-0.2, -0.15) is 0 Å². The zero-order chi connectivity index (χ0) is 26.8. The van der Waals surface area contributed by atoms with Gasteiger partial charge in [-0.3, -0.25) is 0 Å². The third-order valence-electron chi connectivity index (χ3n) is 6.38. The van der Waals surface area contributed by atoms with Crippen molar-refractivity contribution in [3.63, 3.8) is 0 Å². The molecule has 0 aliphatic heterocycles. The van der Waals surface area contributed by atoms with Crippen LogP contribution in [0, 0.1) is 0 Å². The highest BCUT2D eigenvalue weighted by Gasteiger charge is 2.19. The van der Waals surface area contributed by atoms with Crippen LogP contribution in [0.3, 0.4) is 0 Å². The average molecular weight is 485 g/mol. The molecule has 0 bridgehead atoms. The van der Waals surface area contributed by atoms with E-state index >= 15 is 0 Å². The number of hydrogen-bond acceptors (Lipinski definition) is 0. The number of benzene rings is 4. The fourth-order valence-corrected chi connectivity index (χ4v) is 4.68. The van der Waals surface area contributed by atoms with E-state index in [1.54, 1.807) is 0 Å². The zero-order valence-corrected chi connectivity index (χ0v) is 24.6. The summed E-state index contributed by atoms with van der Waals surface area (Å²) < 4.78 is 0. The summed E-state index contributed by atoms with van der Waals surface area (Å²) in [6, 6.07) is 26.6. The first kappa shape index (κ1) is 31.4. The highest BCUT2D eigenvalue weighted by atomic mass is 14.2. The number of rotatable bonds is 6. The van der Waals surface area contributed by atoms with E-state index in [-0.39, 0.29) is 0 Å².